The molecule has 0 bridgehead atoms. The van der Waals surface area contributed by atoms with Gasteiger partial charge in [-0.1, -0.05) is 48.0 Å². The van der Waals surface area contributed by atoms with Crippen LogP contribution in [0.1, 0.15) is 29.2 Å². The number of carbonyl (C=O) groups is 2. The maximum atomic E-state index is 13.5. The zero-order valence-corrected chi connectivity index (χ0v) is 21.4. The fraction of sp³-hybridized carbons (Fsp3) is 0.222. The third-order valence-electron chi connectivity index (χ3n) is 6.15. The molecule has 1 atom stereocenters. The van der Waals surface area contributed by atoms with Crippen LogP contribution < -0.4 is 5.32 Å². The van der Waals surface area contributed by atoms with Gasteiger partial charge in [0, 0.05) is 11.3 Å². The average molecular weight is 584 g/mol. The first-order valence-electron chi connectivity index (χ1n) is 11.7. The van der Waals surface area contributed by atoms with Crippen LogP contribution in [0.3, 0.4) is 0 Å². The van der Waals surface area contributed by atoms with Crippen molar-refractivity contribution in [3.8, 4) is 0 Å². The fourth-order valence-electron chi connectivity index (χ4n) is 4.27. The number of hydrogen-bond acceptors (Lipinski definition) is 4. The van der Waals surface area contributed by atoms with Crippen LogP contribution in [0.15, 0.2) is 77.9 Å². The SMILES string of the molecule is CCOC(=O)C1(c2ccccc2)CN(C(=O)Nc2ccc(C(F)(F)F)cc2)N=C1c1ccc(C(F)(F)F)c(Cl)c1. The van der Waals surface area contributed by atoms with Gasteiger partial charge < -0.3 is 10.1 Å². The van der Waals surface area contributed by atoms with Gasteiger partial charge in [0.05, 0.1) is 35.0 Å². The number of alkyl halides is 6. The lowest BCUT2D eigenvalue weighted by molar-refractivity contribution is -0.147. The normalized spacial score (nSPS) is 17.4. The van der Waals surface area contributed by atoms with Crippen molar-refractivity contribution in [2.24, 2.45) is 5.10 Å². The smallest absolute Gasteiger partial charge is 0.417 e. The number of anilines is 1. The summed E-state index contributed by atoms with van der Waals surface area (Å²) in [7, 11) is 0. The van der Waals surface area contributed by atoms with Crippen molar-refractivity contribution in [1.82, 2.24) is 5.01 Å². The summed E-state index contributed by atoms with van der Waals surface area (Å²) >= 11 is 5.96. The van der Waals surface area contributed by atoms with E-state index >= 15 is 0 Å². The summed E-state index contributed by atoms with van der Waals surface area (Å²) in [4.78, 5) is 26.7. The van der Waals surface area contributed by atoms with Gasteiger partial charge in [0.15, 0.2) is 5.41 Å². The molecule has 1 heterocycles. The van der Waals surface area contributed by atoms with Crippen LogP contribution in [-0.4, -0.2) is 35.9 Å². The number of carbonyl (C=O) groups excluding carboxylic acids is 2. The number of hydrogen-bond donors (Lipinski definition) is 1. The Morgan fingerprint density at radius 1 is 0.975 bits per heavy atom. The van der Waals surface area contributed by atoms with Crippen molar-refractivity contribution in [3.63, 3.8) is 0 Å². The quantitative estimate of drug-likeness (QED) is 0.257. The highest BCUT2D eigenvalue weighted by Crippen LogP contribution is 2.40. The summed E-state index contributed by atoms with van der Waals surface area (Å²) in [6.07, 6.45) is -9.31. The second-order valence-corrected chi connectivity index (χ2v) is 9.10. The van der Waals surface area contributed by atoms with Crippen molar-refractivity contribution in [2.75, 3.05) is 18.5 Å². The molecule has 2 amide bonds. The second-order valence-electron chi connectivity index (χ2n) is 8.70. The molecule has 0 saturated heterocycles. The van der Waals surface area contributed by atoms with Gasteiger partial charge in [-0.05, 0) is 48.9 Å². The number of nitrogens with zero attached hydrogens (tertiary/aromatic N) is 2. The van der Waals surface area contributed by atoms with E-state index in [1.165, 1.54) is 0 Å². The molecule has 40 heavy (non-hydrogen) atoms. The van der Waals surface area contributed by atoms with Crippen molar-refractivity contribution in [2.45, 2.75) is 24.7 Å². The van der Waals surface area contributed by atoms with Crippen LogP contribution in [0.5, 0.6) is 0 Å². The molecule has 1 N–H and O–H groups in total. The molecule has 6 nitrogen and oxygen atoms in total. The number of esters is 1. The number of rotatable bonds is 5. The molecule has 0 saturated carbocycles. The minimum atomic E-state index is -4.74. The molecule has 3 aromatic rings. The number of hydrazone groups is 1. The second kappa shape index (κ2) is 10.8. The van der Waals surface area contributed by atoms with Gasteiger partial charge in [0.1, 0.15) is 0 Å². The Bertz CT molecular complexity index is 1440. The minimum Gasteiger partial charge on any atom is -0.465 e. The molecule has 0 aliphatic carbocycles. The van der Waals surface area contributed by atoms with Crippen LogP contribution >= 0.6 is 11.6 Å². The van der Waals surface area contributed by atoms with Crippen molar-refractivity contribution in [1.29, 1.82) is 0 Å². The molecule has 210 valence electrons. The average Bonchev–Trinajstić information content (AvgIpc) is 3.31. The highest BCUT2D eigenvalue weighted by molar-refractivity contribution is 6.32. The third kappa shape index (κ3) is 5.62. The van der Waals surface area contributed by atoms with E-state index in [1.807, 2.05) is 0 Å². The maximum Gasteiger partial charge on any atom is 0.417 e. The number of ether oxygens (including phenoxy) is 1. The number of halogens is 7. The summed E-state index contributed by atoms with van der Waals surface area (Å²) < 4.78 is 84.1. The Balaban J connectivity index is 1.79. The van der Waals surface area contributed by atoms with E-state index in [1.54, 1.807) is 37.3 Å². The van der Waals surface area contributed by atoms with Crippen molar-refractivity contribution < 1.29 is 40.7 Å². The number of benzene rings is 3. The largest absolute Gasteiger partial charge is 0.465 e. The standard InChI is InChI=1S/C27H20ClF6N3O3/c1-2-40-23(38)25(17-6-4-3-5-7-17)15-37(24(39)35-19-11-9-18(10-12-19)26(29,30)31)36-22(25)16-8-13-20(21(28)14-16)27(32,33)34/h3-14H,2,15H2,1H3,(H,35,39). The first kappa shape index (κ1) is 28.9. The lowest BCUT2D eigenvalue weighted by Crippen LogP contribution is -2.48. The predicted octanol–water partition coefficient (Wildman–Crippen LogP) is 7.13. The Labute approximate surface area is 229 Å². The molecule has 4 rings (SSSR count). The van der Waals surface area contributed by atoms with Crippen LogP contribution in [0.25, 0.3) is 0 Å². The Hall–Kier alpha value is -4.06. The first-order valence-corrected chi connectivity index (χ1v) is 12.1. The van der Waals surface area contributed by atoms with Crippen LogP contribution in [0.4, 0.5) is 36.8 Å². The van der Waals surface area contributed by atoms with Gasteiger partial charge in [0.25, 0.3) is 0 Å². The topological polar surface area (TPSA) is 71.0 Å². The van der Waals surface area contributed by atoms with Crippen LogP contribution in [0, 0.1) is 0 Å². The molecule has 0 spiro atoms. The van der Waals surface area contributed by atoms with E-state index in [-0.39, 0.29) is 23.6 Å². The van der Waals surface area contributed by atoms with E-state index in [9.17, 15) is 35.9 Å². The van der Waals surface area contributed by atoms with E-state index in [4.69, 9.17) is 16.3 Å². The molecule has 1 unspecified atom stereocenters. The lowest BCUT2D eigenvalue weighted by Gasteiger charge is -2.29. The monoisotopic (exact) mass is 583 g/mol. The van der Waals surface area contributed by atoms with Gasteiger partial charge >= 0.3 is 24.4 Å². The highest BCUT2D eigenvalue weighted by atomic mass is 35.5. The summed E-state index contributed by atoms with van der Waals surface area (Å²) in [6.45, 7) is 1.09. The number of amides is 2. The molecular formula is C27H20ClF6N3O3. The lowest BCUT2D eigenvalue weighted by atomic mass is 9.74. The van der Waals surface area contributed by atoms with Crippen molar-refractivity contribution in [3.05, 3.63) is 100 Å². The van der Waals surface area contributed by atoms with Gasteiger partial charge in [-0.15, -0.1) is 0 Å². The third-order valence-corrected chi connectivity index (χ3v) is 6.46. The highest BCUT2D eigenvalue weighted by Gasteiger charge is 2.54. The van der Waals surface area contributed by atoms with Gasteiger partial charge in [0.2, 0.25) is 0 Å². The molecule has 0 aromatic heterocycles. The number of nitrogens with one attached hydrogen (secondary N) is 1. The minimum absolute atomic E-state index is 0.0145. The summed E-state index contributed by atoms with van der Waals surface area (Å²) in [5, 5.41) is 6.93. The maximum absolute atomic E-state index is 13.5. The Morgan fingerprint density at radius 2 is 1.62 bits per heavy atom. The van der Waals surface area contributed by atoms with Gasteiger partial charge in [-0.3, -0.25) is 4.79 Å². The number of urea groups is 1. The summed E-state index contributed by atoms with van der Waals surface area (Å²) in [6, 6.07) is 13.7. The first-order chi connectivity index (χ1) is 18.8. The Morgan fingerprint density at radius 3 is 2.17 bits per heavy atom. The Kier molecular flexibility index (Phi) is 7.84. The van der Waals surface area contributed by atoms with Gasteiger partial charge in [-0.25, -0.2) is 9.80 Å². The summed E-state index contributed by atoms with van der Waals surface area (Å²) in [5.74, 6) is -0.819. The molecule has 13 heteroatoms. The molecule has 1 aliphatic heterocycles. The molecule has 0 radical (unpaired) electrons. The molecule has 3 aromatic carbocycles. The zero-order valence-electron chi connectivity index (χ0n) is 20.6. The zero-order chi connectivity index (χ0) is 29.3. The molecule has 0 fully saturated rings. The van der Waals surface area contributed by atoms with E-state index in [0.717, 1.165) is 47.5 Å². The van der Waals surface area contributed by atoms with Gasteiger partial charge in [-0.2, -0.15) is 31.4 Å². The van der Waals surface area contributed by atoms with E-state index in [2.05, 4.69) is 10.4 Å². The van der Waals surface area contributed by atoms with Crippen LogP contribution in [0.2, 0.25) is 5.02 Å². The molecule has 1 aliphatic rings. The summed E-state index contributed by atoms with van der Waals surface area (Å²) in [5.41, 5.74) is -3.51. The van der Waals surface area contributed by atoms with Crippen LogP contribution in [-0.2, 0) is 27.3 Å². The van der Waals surface area contributed by atoms with E-state index in [0.29, 0.717) is 5.56 Å². The molecular weight excluding hydrogens is 564 g/mol. The fourth-order valence-corrected chi connectivity index (χ4v) is 4.56. The van der Waals surface area contributed by atoms with E-state index < -0.39 is 52.5 Å². The van der Waals surface area contributed by atoms with Crippen molar-refractivity contribution >= 4 is 35.0 Å². The predicted molar refractivity (Wildman–Crippen MR) is 135 cm³/mol.